The van der Waals surface area contributed by atoms with E-state index >= 15 is 0 Å². The fraction of sp³-hybridized carbons (Fsp3) is 0.684. The van der Waals surface area contributed by atoms with Crippen molar-refractivity contribution in [1.29, 1.82) is 0 Å². The molecule has 0 radical (unpaired) electrons. The second kappa shape index (κ2) is 7.42. The van der Waals surface area contributed by atoms with Crippen LogP contribution in [0.2, 0.25) is 0 Å². The highest BCUT2D eigenvalue weighted by atomic mass is 16.2. The Morgan fingerprint density at radius 3 is 2.56 bits per heavy atom. The number of aryl methyl sites for hydroxylation is 1. The van der Waals surface area contributed by atoms with Gasteiger partial charge in [-0.3, -0.25) is 23.6 Å². The predicted octanol–water partition coefficient (Wildman–Crippen LogP) is 1.35. The summed E-state index contributed by atoms with van der Waals surface area (Å²) in [6.07, 6.45) is 4.57. The maximum absolute atomic E-state index is 12.8. The number of carbonyl (C=O) groups is 1. The van der Waals surface area contributed by atoms with Gasteiger partial charge in [-0.2, -0.15) is 0 Å². The van der Waals surface area contributed by atoms with E-state index in [4.69, 9.17) is 0 Å². The molecule has 1 aliphatic heterocycles. The number of ketones is 1. The monoisotopic (exact) mass is 375 g/mol. The molecule has 1 saturated heterocycles. The molecule has 1 fully saturated rings. The molecule has 0 unspecified atom stereocenters. The topological polar surface area (TPSA) is 82.1 Å². The molecule has 2 aromatic rings. The Morgan fingerprint density at radius 1 is 1.22 bits per heavy atom. The average molecular weight is 375 g/mol. The van der Waals surface area contributed by atoms with Gasteiger partial charge in [0.15, 0.2) is 16.9 Å². The number of rotatable bonds is 5. The molecular weight excluding hydrogens is 346 g/mol. The van der Waals surface area contributed by atoms with E-state index in [-0.39, 0.29) is 5.78 Å². The number of piperidine rings is 1. The van der Waals surface area contributed by atoms with E-state index in [0.29, 0.717) is 29.6 Å². The molecule has 0 saturated carbocycles. The SMILES string of the molecule is CC[C@H]1CCCCN1Cc1nc2c(c(=O)n(C)c(=O)n2C)n1[C@H](C)C(C)=O. The van der Waals surface area contributed by atoms with Gasteiger partial charge < -0.3 is 4.57 Å². The number of Topliss-reactive ketones (excluding diaryl/α,β-unsaturated/α-hetero) is 1. The Morgan fingerprint density at radius 2 is 1.93 bits per heavy atom. The van der Waals surface area contributed by atoms with E-state index in [1.165, 1.54) is 25.0 Å². The van der Waals surface area contributed by atoms with Crippen molar-refractivity contribution in [2.45, 2.75) is 65.1 Å². The van der Waals surface area contributed by atoms with Crippen molar-refractivity contribution in [3.63, 3.8) is 0 Å². The van der Waals surface area contributed by atoms with E-state index < -0.39 is 17.3 Å². The largest absolute Gasteiger partial charge is 0.332 e. The Hall–Kier alpha value is -2.22. The van der Waals surface area contributed by atoms with Gasteiger partial charge in [0.2, 0.25) is 0 Å². The van der Waals surface area contributed by atoms with Crippen LogP contribution < -0.4 is 11.2 Å². The first-order valence-corrected chi connectivity index (χ1v) is 9.69. The number of aromatic nitrogens is 4. The Labute approximate surface area is 158 Å². The summed E-state index contributed by atoms with van der Waals surface area (Å²) in [5.74, 6) is 0.628. The smallest absolute Gasteiger partial charge is 0.311 e. The van der Waals surface area contributed by atoms with Crippen LogP contribution in [-0.2, 0) is 25.4 Å². The first-order valence-electron chi connectivity index (χ1n) is 9.69. The molecule has 3 heterocycles. The van der Waals surface area contributed by atoms with Crippen molar-refractivity contribution in [3.05, 3.63) is 26.7 Å². The first kappa shape index (κ1) is 19.5. The average Bonchev–Trinajstić information content (AvgIpc) is 3.03. The molecule has 1 aliphatic rings. The minimum Gasteiger partial charge on any atom is -0.311 e. The number of likely N-dealkylation sites (tertiary alicyclic amines) is 1. The normalized spacial score (nSPS) is 19.5. The van der Waals surface area contributed by atoms with Crippen molar-refractivity contribution < 1.29 is 4.79 Å². The second-order valence-electron chi connectivity index (χ2n) is 7.59. The van der Waals surface area contributed by atoms with E-state index in [1.807, 2.05) is 0 Å². The van der Waals surface area contributed by atoms with Crippen LogP contribution in [0.4, 0.5) is 0 Å². The lowest BCUT2D eigenvalue weighted by molar-refractivity contribution is -0.119. The number of hydrogen-bond acceptors (Lipinski definition) is 5. The van der Waals surface area contributed by atoms with Gasteiger partial charge in [0.25, 0.3) is 5.56 Å². The van der Waals surface area contributed by atoms with Crippen molar-refractivity contribution in [3.8, 4) is 0 Å². The number of carbonyl (C=O) groups excluding carboxylic acids is 1. The molecule has 148 valence electrons. The summed E-state index contributed by atoms with van der Waals surface area (Å²) in [5.41, 5.74) is -0.159. The van der Waals surface area contributed by atoms with Crippen LogP contribution in [0.5, 0.6) is 0 Å². The third kappa shape index (κ3) is 3.26. The lowest BCUT2D eigenvalue weighted by atomic mass is 10.00. The summed E-state index contributed by atoms with van der Waals surface area (Å²) in [5, 5.41) is 0. The molecule has 8 heteroatoms. The van der Waals surface area contributed by atoms with Crippen molar-refractivity contribution in [2.75, 3.05) is 6.54 Å². The second-order valence-corrected chi connectivity index (χ2v) is 7.59. The fourth-order valence-electron chi connectivity index (χ4n) is 4.08. The highest BCUT2D eigenvalue weighted by molar-refractivity contribution is 5.82. The van der Waals surface area contributed by atoms with Gasteiger partial charge in [0.1, 0.15) is 5.82 Å². The first-order chi connectivity index (χ1) is 12.8. The Bertz CT molecular complexity index is 984. The molecule has 2 aromatic heterocycles. The maximum Gasteiger partial charge on any atom is 0.332 e. The van der Waals surface area contributed by atoms with Gasteiger partial charge in [-0.15, -0.1) is 0 Å². The van der Waals surface area contributed by atoms with Crippen molar-refractivity contribution >= 4 is 16.9 Å². The number of imidazole rings is 1. The summed E-state index contributed by atoms with van der Waals surface area (Å²) in [6, 6.07) is -0.0358. The van der Waals surface area contributed by atoms with Crippen molar-refractivity contribution in [1.82, 2.24) is 23.6 Å². The van der Waals surface area contributed by atoms with E-state index in [0.717, 1.165) is 30.4 Å². The van der Waals surface area contributed by atoms with Gasteiger partial charge in [-0.05, 0) is 39.7 Å². The molecule has 0 spiro atoms. The Balaban J connectivity index is 2.22. The van der Waals surface area contributed by atoms with Crippen LogP contribution >= 0.6 is 0 Å². The van der Waals surface area contributed by atoms with Crippen LogP contribution in [0.1, 0.15) is 58.3 Å². The fourth-order valence-corrected chi connectivity index (χ4v) is 4.08. The summed E-state index contributed by atoms with van der Waals surface area (Å²) >= 11 is 0. The third-order valence-corrected chi connectivity index (χ3v) is 5.90. The zero-order valence-corrected chi connectivity index (χ0v) is 16.9. The number of hydrogen-bond donors (Lipinski definition) is 0. The zero-order chi connectivity index (χ0) is 19.9. The molecule has 27 heavy (non-hydrogen) atoms. The highest BCUT2D eigenvalue weighted by Gasteiger charge is 2.28. The van der Waals surface area contributed by atoms with Gasteiger partial charge in [0.05, 0.1) is 12.6 Å². The highest BCUT2D eigenvalue weighted by Crippen LogP contribution is 2.24. The third-order valence-electron chi connectivity index (χ3n) is 5.90. The molecule has 0 N–H and O–H groups in total. The van der Waals surface area contributed by atoms with Gasteiger partial charge >= 0.3 is 5.69 Å². The number of fused-ring (bicyclic) bond motifs is 1. The Kier molecular flexibility index (Phi) is 5.37. The molecular formula is C19H29N5O3. The number of nitrogens with zero attached hydrogens (tertiary/aromatic N) is 5. The van der Waals surface area contributed by atoms with Crippen LogP contribution in [0.3, 0.4) is 0 Å². The van der Waals surface area contributed by atoms with Gasteiger partial charge in [-0.1, -0.05) is 13.3 Å². The zero-order valence-electron chi connectivity index (χ0n) is 16.9. The molecule has 0 amide bonds. The standard InChI is InChI=1S/C19H29N5O3/c1-6-14-9-7-8-10-23(14)11-15-20-17-16(24(15)12(2)13(3)25)18(26)22(5)19(27)21(17)4/h12,14H,6-11H2,1-5H3/t12-,14+/m1/s1. The summed E-state index contributed by atoms with van der Waals surface area (Å²) in [4.78, 5) is 44.4. The van der Waals surface area contributed by atoms with Crippen LogP contribution in [0.15, 0.2) is 9.59 Å². The summed E-state index contributed by atoms with van der Waals surface area (Å²) < 4.78 is 4.20. The van der Waals surface area contributed by atoms with E-state index in [1.54, 1.807) is 18.5 Å². The molecule has 3 rings (SSSR count). The molecule has 8 nitrogen and oxygen atoms in total. The molecule has 0 bridgehead atoms. The quantitative estimate of drug-likeness (QED) is 0.788. The van der Waals surface area contributed by atoms with E-state index in [9.17, 15) is 14.4 Å². The lowest BCUT2D eigenvalue weighted by Crippen LogP contribution is -2.39. The maximum atomic E-state index is 12.8. The molecule has 2 atom stereocenters. The minimum absolute atomic E-state index is 0.0443. The van der Waals surface area contributed by atoms with Crippen LogP contribution in [0.25, 0.3) is 11.2 Å². The molecule has 0 aliphatic carbocycles. The summed E-state index contributed by atoms with van der Waals surface area (Å²) in [7, 11) is 3.07. The minimum atomic E-state index is -0.514. The predicted molar refractivity (Wildman–Crippen MR) is 104 cm³/mol. The molecule has 0 aromatic carbocycles. The van der Waals surface area contributed by atoms with Gasteiger partial charge in [-0.25, -0.2) is 9.78 Å². The van der Waals surface area contributed by atoms with Crippen molar-refractivity contribution in [2.24, 2.45) is 14.1 Å². The lowest BCUT2D eigenvalue weighted by Gasteiger charge is -2.35. The van der Waals surface area contributed by atoms with Crippen LogP contribution in [-0.4, -0.2) is 42.0 Å². The van der Waals surface area contributed by atoms with E-state index in [2.05, 4.69) is 16.8 Å². The summed E-state index contributed by atoms with van der Waals surface area (Å²) in [6.45, 7) is 7.03. The van der Waals surface area contributed by atoms with Crippen LogP contribution in [0, 0.1) is 0 Å². The van der Waals surface area contributed by atoms with Gasteiger partial charge in [0, 0.05) is 20.1 Å².